The van der Waals surface area contributed by atoms with Crippen LogP contribution in [0.5, 0.6) is 0 Å². The van der Waals surface area contributed by atoms with Gasteiger partial charge in [-0.25, -0.2) is 18.1 Å². The highest BCUT2D eigenvalue weighted by molar-refractivity contribution is 9.10. The summed E-state index contributed by atoms with van der Waals surface area (Å²) in [7, 11) is -3.53. The third kappa shape index (κ3) is 2.75. The summed E-state index contributed by atoms with van der Waals surface area (Å²) >= 11 is 3.35. The Labute approximate surface area is 126 Å². The van der Waals surface area contributed by atoms with E-state index in [-0.39, 0.29) is 11.1 Å². The van der Waals surface area contributed by atoms with Crippen LogP contribution >= 0.6 is 15.9 Å². The van der Waals surface area contributed by atoms with Gasteiger partial charge in [0.1, 0.15) is 5.65 Å². The Morgan fingerprint density at radius 2 is 2.00 bits per heavy atom. The van der Waals surface area contributed by atoms with Crippen molar-refractivity contribution in [3.8, 4) is 0 Å². The first-order chi connectivity index (χ1) is 9.56. The number of fused-ring (bicyclic) bond motifs is 1. The molecule has 1 aliphatic rings. The second-order valence-corrected chi connectivity index (χ2v) is 7.70. The van der Waals surface area contributed by atoms with Crippen LogP contribution in [0.2, 0.25) is 0 Å². The van der Waals surface area contributed by atoms with Crippen LogP contribution in [0, 0.1) is 0 Å². The summed E-state index contributed by atoms with van der Waals surface area (Å²) in [6.45, 7) is 0. The summed E-state index contributed by atoms with van der Waals surface area (Å²) in [4.78, 5) is 4.14. The van der Waals surface area contributed by atoms with Gasteiger partial charge in [0, 0.05) is 16.7 Å². The Kier molecular flexibility index (Phi) is 3.83. The van der Waals surface area contributed by atoms with Gasteiger partial charge in [-0.1, -0.05) is 19.3 Å². The van der Waals surface area contributed by atoms with E-state index in [1.165, 1.54) is 12.6 Å². The molecule has 0 saturated heterocycles. The summed E-state index contributed by atoms with van der Waals surface area (Å²) in [6.07, 6.45) is 8.34. The van der Waals surface area contributed by atoms with E-state index in [0.717, 1.165) is 30.2 Å². The molecule has 2 aromatic rings. The van der Waals surface area contributed by atoms with Gasteiger partial charge >= 0.3 is 0 Å². The molecule has 7 heteroatoms. The van der Waals surface area contributed by atoms with Crippen molar-refractivity contribution in [3.05, 3.63) is 29.0 Å². The second-order valence-electron chi connectivity index (χ2n) is 5.13. The molecule has 5 nitrogen and oxygen atoms in total. The molecule has 108 valence electrons. The molecular weight excluding hydrogens is 342 g/mol. The minimum Gasteiger partial charge on any atom is -0.288 e. The molecule has 0 aromatic carbocycles. The quantitative estimate of drug-likeness (QED) is 0.918. The van der Waals surface area contributed by atoms with Crippen LogP contribution < -0.4 is 4.72 Å². The number of aromatic nitrogens is 2. The number of rotatable bonds is 3. The van der Waals surface area contributed by atoms with Crippen LogP contribution in [-0.2, 0) is 10.0 Å². The minimum absolute atomic E-state index is 0.0476. The molecule has 0 spiro atoms. The lowest BCUT2D eigenvalue weighted by molar-refractivity contribution is 0.411. The van der Waals surface area contributed by atoms with Crippen molar-refractivity contribution in [2.45, 2.75) is 43.2 Å². The molecule has 1 N–H and O–H groups in total. The Morgan fingerprint density at radius 1 is 1.25 bits per heavy atom. The molecule has 0 radical (unpaired) electrons. The molecule has 0 unspecified atom stereocenters. The van der Waals surface area contributed by atoms with Crippen molar-refractivity contribution in [2.24, 2.45) is 0 Å². The van der Waals surface area contributed by atoms with Crippen molar-refractivity contribution >= 4 is 31.6 Å². The molecule has 3 rings (SSSR count). The molecule has 2 aromatic heterocycles. The third-order valence-electron chi connectivity index (χ3n) is 3.64. The fourth-order valence-corrected chi connectivity index (χ4v) is 4.36. The average molecular weight is 358 g/mol. The molecule has 0 aliphatic heterocycles. The van der Waals surface area contributed by atoms with Crippen LogP contribution in [-0.4, -0.2) is 23.8 Å². The normalized spacial score (nSPS) is 17.6. The van der Waals surface area contributed by atoms with Crippen LogP contribution in [0.25, 0.3) is 5.65 Å². The molecule has 1 fully saturated rings. The third-order valence-corrected chi connectivity index (χ3v) is 5.60. The lowest BCUT2D eigenvalue weighted by atomic mass is 9.96. The zero-order chi connectivity index (χ0) is 14.2. The van der Waals surface area contributed by atoms with E-state index >= 15 is 0 Å². The molecule has 0 bridgehead atoms. The number of sulfonamides is 1. The molecular formula is C13H16BrN3O2S. The van der Waals surface area contributed by atoms with Crippen molar-refractivity contribution in [2.75, 3.05) is 0 Å². The maximum absolute atomic E-state index is 12.5. The number of imidazole rings is 1. The predicted octanol–water partition coefficient (Wildman–Crippen LogP) is 2.71. The Hall–Kier alpha value is -0.920. The van der Waals surface area contributed by atoms with Gasteiger partial charge in [-0.3, -0.25) is 4.40 Å². The SMILES string of the molecule is O=S(=O)(NC1CCCCC1)c1cnc2ccc(Br)cn12. The number of pyridine rings is 1. The fourth-order valence-electron chi connectivity index (χ4n) is 2.63. The summed E-state index contributed by atoms with van der Waals surface area (Å²) in [6, 6.07) is 3.67. The summed E-state index contributed by atoms with van der Waals surface area (Å²) in [5, 5.41) is 0.194. The van der Waals surface area contributed by atoms with E-state index in [1.807, 2.05) is 6.07 Å². The van der Waals surface area contributed by atoms with E-state index in [2.05, 4.69) is 25.6 Å². The highest BCUT2D eigenvalue weighted by Gasteiger charge is 2.24. The maximum atomic E-state index is 12.5. The monoisotopic (exact) mass is 357 g/mol. The molecule has 0 amide bonds. The number of nitrogens with zero attached hydrogens (tertiary/aromatic N) is 2. The van der Waals surface area contributed by atoms with Crippen LogP contribution in [0.1, 0.15) is 32.1 Å². The van der Waals surface area contributed by atoms with E-state index in [4.69, 9.17) is 0 Å². The Bertz CT molecular complexity index is 720. The first-order valence-electron chi connectivity index (χ1n) is 6.71. The van der Waals surface area contributed by atoms with Crippen LogP contribution in [0.4, 0.5) is 0 Å². The molecule has 1 aliphatic carbocycles. The zero-order valence-electron chi connectivity index (χ0n) is 10.9. The van der Waals surface area contributed by atoms with Gasteiger partial charge in [0.15, 0.2) is 5.03 Å². The number of hydrogen-bond donors (Lipinski definition) is 1. The van der Waals surface area contributed by atoms with E-state index in [1.54, 1.807) is 16.7 Å². The molecule has 2 heterocycles. The Morgan fingerprint density at radius 3 is 2.75 bits per heavy atom. The van der Waals surface area contributed by atoms with E-state index < -0.39 is 10.0 Å². The highest BCUT2D eigenvalue weighted by Crippen LogP contribution is 2.21. The van der Waals surface area contributed by atoms with Crippen molar-refractivity contribution in [1.82, 2.24) is 14.1 Å². The smallest absolute Gasteiger partial charge is 0.258 e. The standard InChI is InChI=1S/C13H16BrN3O2S/c14-10-6-7-12-15-8-13(17(12)9-10)20(18,19)16-11-4-2-1-3-5-11/h6-9,11,16H,1-5H2. The minimum atomic E-state index is -3.53. The van der Waals surface area contributed by atoms with Gasteiger partial charge < -0.3 is 0 Å². The van der Waals surface area contributed by atoms with Gasteiger partial charge in [-0.15, -0.1) is 0 Å². The Balaban J connectivity index is 1.94. The topological polar surface area (TPSA) is 63.5 Å². The lowest BCUT2D eigenvalue weighted by Crippen LogP contribution is -2.36. The lowest BCUT2D eigenvalue weighted by Gasteiger charge is -2.22. The van der Waals surface area contributed by atoms with Gasteiger partial charge in [0.25, 0.3) is 10.0 Å². The van der Waals surface area contributed by atoms with Gasteiger partial charge in [-0.05, 0) is 40.9 Å². The molecule has 0 atom stereocenters. The van der Waals surface area contributed by atoms with E-state index in [9.17, 15) is 8.42 Å². The highest BCUT2D eigenvalue weighted by atomic mass is 79.9. The number of hydrogen-bond acceptors (Lipinski definition) is 3. The van der Waals surface area contributed by atoms with Gasteiger partial charge in [0.2, 0.25) is 0 Å². The van der Waals surface area contributed by atoms with Crippen molar-refractivity contribution in [3.63, 3.8) is 0 Å². The predicted molar refractivity (Wildman–Crippen MR) is 80.1 cm³/mol. The van der Waals surface area contributed by atoms with Crippen molar-refractivity contribution in [1.29, 1.82) is 0 Å². The summed E-state index contributed by atoms with van der Waals surface area (Å²) in [5.41, 5.74) is 0.622. The fraction of sp³-hybridized carbons (Fsp3) is 0.462. The van der Waals surface area contributed by atoms with Crippen LogP contribution in [0.15, 0.2) is 34.0 Å². The van der Waals surface area contributed by atoms with Gasteiger partial charge in [0.05, 0.1) is 6.20 Å². The number of halogens is 1. The molecule has 20 heavy (non-hydrogen) atoms. The van der Waals surface area contributed by atoms with Crippen molar-refractivity contribution < 1.29 is 8.42 Å². The largest absolute Gasteiger partial charge is 0.288 e. The van der Waals surface area contributed by atoms with Crippen LogP contribution in [0.3, 0.4) is 0 Å². The first-order valence-corrected chi connectivity index (χ1v) is 8.99. The second kappa shape index (κ2) is 5.46. The molecule has 1 saturated carbocycles. The average Bonchev–Trinajstić information content (AvgIpc) is 2.83. The van der Waals surface area contributed by atoms with E-state index in [0.29, 0.717) is 5.65 Å². The summed E-state index contributed by atoms with van der Waals surface area (Å²) in [5.74, 6) is 0. The first kappa shape index (κ1) is 14.0. The summed E-state index contributed by atoms with van der Waals surface area (Å²) < 4.78 is 30.2. The van der Waals surface area contributed by atoms with Gasteiger partial charge in [-0.2, -0.15) is 0 Å². The zero-order valence-corrected chi connectivity index (χ0v) is 13.3. The maximum Gasteiger partial charge on any atom is 0.258 e. The number of nitrogens with one attached hydrogen (secondary N) is 1.